The van der Waals surface area contributed by atoms with Gasteiger partial charge in [0, 0.05) is 13.1 Å². The van der Waals surface area contributed by atoms with E-state index < -0.39 is 11.9 Å². The van der Waals surface area contributed by atoms with Crippen LogP contribution in [0, 0.1) is 5.92 Å². The van der Waals surface area contributed by atoms with Crippen LogP contribution < -0.4 is 9.64 Å². The second-order valence-corrected chi connectivity index (χ2v) is 4.34. The predicted molar refractivity (Wildman–Crippen MR) is 72.5 cm³/mol. The summed E-state index contributed by atoms with van der Waals surface area (Å²) in [5, 5.41) is 8.96. The number of anilines is 1. The van der Waals surface area contributed by atoms with Gasteiger partial charge in [0.25, 0.3) is 0 Å². The predicted octanol–water partition coefficient (Wildman–Crippen LogP) is 1.81. The summed E-state index contributed by atoms with van der Waals surface area (Å²) in [6.07, 6.45) is 4.09. The van der Waals surface area contributed by atoms with Crippen LogP contribution in [0.25, 0.3) is 0 Å². The highest BCUT2D eigenvalue weighted by Gasteiger charge is 2.17. The number of aromatic nitrogens is 2. The zero-order valence-corrected chi connectivity index (χ0v) is 11.7. The number of carbonyl (C=O) groups is 1. The number of hydrogen-bond acceptors (Lipinski definition) is 5. The number of carboxylic acid groups (broad SMARTS) is 1. The van der Waals surface area contributed by atoms with Crippen molar-refractivity contribution in [2.75, 3.05) is 24.6 Å². The Morgan fingerprint density at radius 1 is 1.47 bits per heavy atom. The molecule has 1 N–H and O–H groups in total. The summed E-state index contributed by atoms with van der Waals surface area (Å²) in [6.45, 7) is 7.31. The van der Waals surface area contributed by atoms with E-state index in [-0.39, 0.29) is 0 Å². The van der Waals surface area contributed by atoms with Gasteiger partial charge in [0.15, 0.2) is 5.82 Å². The Morgan fingerprint density at radius 3 is 2.79 bits per heavy atom. The van der Waals surface area contributed by atoms with Gasteiger partial charge in [-0.2, -0.15) is 4.98 Å². The summed E-state index contributed by atoms with van der Waals surface area (Å²) in [7, 11) is 0. The standard InChI is InChI=1S/C13H21N3O3/c1-4-6-19-12-8-14-7-11(15-12)16(5-2)9-10(3)13(17)18/h7-8,10H,4-6,9H2,1-3H3,(H,17,18). The van der Waals surface area contributed by atoms with E-state index in [9.17, 15) is 4.79 Å². The molecule has 0 saturated heterocycles. The van der Waals surface area contributed by atoms with Crippen molar-refractivity contribution in [1.82, 2.24) is 9.97 Å². The van der Waals surface area contributed by atoms with Crippen molar-refractivity contribution >= 4 is 11.8 Å². The lowest BCUT2D eigenvalue weighted by atomic mass is 10.2. The molecular formula is C13H21N3O3. The lowest BCUT2D eigenvalue weighted by molar-refractivity contribution is -0.140. The highest BCUT2D eigenvalue weighted by Crippen LogP contribution is 2.15. The van der Waals surface area contributed by atoms with Crippen LogP contribution in [-0.2, 0) is 4.79 Å². The Balaban J connectivity index is 2.77. The average molecular weight is 267 g/mol. The molecule has 0 aliphatic carbocycles. The lowest BCUT2D eigenvalue weighted by Gasteiger charge is -2.23. The molecule has 0 radical (unpaired) electrons. The zero-order valence-electron chi connectivity index (χ0n) is 11.7. The van der Waals surface area contributed by atoms with E-state index in [0.717, 1.165) is 6.42 Å². The van der Waals surface area contributed by atoms with E-state index in [1.165, 1.54) is 0 Å². The van der Waals surface area contributed by atoms with Crippen molar-refractivity contribution in [2.45, 2.75) is 27.2 Å². The second-order valence-electron chi connectivity index (χ2n) is 4.34. The van der Waals surface area contributed by atoms with Crippen molar-refractivity contribution in [3.63, 3.8) is 0 Å². The first-order chi connectivity index (χ1) is 9.08. The van der Waals surface area contributed by atoms with Gasteiger partial charge in [0.05, 0.1) is 24.9 Å². The Kier molecular flexibility index (Phi) is 6.05. The minimum absolute atomic E-state index is 0.401. The van der Waals surface area contributed by atoms with Gasteiger partial charge in [0.2, 0.25) is 5.88 Å². The van der Waals surface area contributed by atoms with Crippen molar-refractivity contribution in [3.8, 4) is 5.88 Å². The maximum absolute atomic E-state index is 10.9. The van der Waals surface area contributed by atoms with E-state index in [0.29, 0.717) is 31.4 Å². The fourth-order valence-corrected chi connectivity index (χ4v) is 1.56. The van der Waals surface area contributed by atoms with Crippen LogP contribution in [-0.4, -0.2) is 40.7 Å². The van der Waals surface area contributed by atoms with Gasteiger partial charge < -0.3 is 14.7 Å². The summed E-state index contributed by atoms with van der Waals surface area (Å²) in [6, 6.07) is 0. The van der Waals surface area contributed by atoms with Crippen LogP contribution >= 0.6 is 0 Å². The third-order valence-corrected chi connectivity index (χ3v) is 2.68. The number of hydrogen-bond donors (Lipinski definition) is 1. The number of carboxylic acids is 1. The van der Waals surface area contributed by atoms with Crippen LogP contribution in [0.2, 0.25) is 0 Å². The number of nitrogens with zero attached hydrogens (tertiary/aromatic N) is 3. The molecule has 1 aromatic rings. The summed E-state index contributed by atoms with van der Waals surface area (Å²) in [5.41, 5.74) is 0. The molecule has 6 nitrogen and oxygen atoms in total. The first-order valence-electron chi connectivity index (χ1n) is 6.51. The van der Waals surface area contributed by atoms with E-state index >= 15 is 0 Å². The molecule has 19 heavy (non-hydrogen) atoms. The average Bonchev–Trinajstić information content (AvgIpc) is 2.42. The highest BCUT2D eigenvalue weighted by atomic mass is 16.5. The summed E-state index contributed by atoms with van der Waals surface area (Å²) in [5.74, 6) is -0.156. The molecule has 1 rings (SSSR count). The Labute approximate surface area is 113 Å². The number of ether oxygens (including phenoxy) is 1. The van der Waals surface area contributed by atoms with Crippen LogP contribution in [0.1, 0.15) is 27.2 Å². The van der Waals surface area contributed by atoms with E-state index in [1.807, 2.05) is 18.7 Å². The van der Waals surface area contributed by atoms with Gasteiger partial charge in [-0.25, -0.2) is 0 Å². The van der Waals surface area contributed by atoms with Crippen LogP contribution in [0.15, 0.2) is 12.4 Å². The molecule has 0 aromatic carbocycles. The molecule has 0 aliphatic rings. The number of aliphatic carboxylic acids is 1. The third-order valence-electron chi connectivity index (χ3n) is 2.68. The monoisotopic (exact) mass is 267 g/mol. The summed E-state index contributed by atoms with van der Waals surface area (Å²) >= 11 is 0. The van der Waals surface area contributed by atoms with Gasteiger partial charge in [-0.05, 0) is 13.3 Å². The van der Waals surface area contributed by atoms with Crippen LogP contribution in [0.5, 0.6) is 5.88 Å². The maximum atomic E-state index is 10.9. The van der Waals surface area contributed by atoms with Crippen molar-refractivity contribution < 1.29 is 14.6 Å². The van der Waals surface area contributed by atoms with E-state index in [4.69, 9.17) is 9.84 Å². The molecular weight excluding hydrogens is 246 g/mol. The molecule has 1 unspecified atom stereocenters. The van der Waals surface area contributed by atoms with Gasteiger partial charge in [-0.3, -0.25) is 9.78 Å². The molecule has 0 bridgehead atoms. The van der Waals surface area contributed by atoms with E-state index in [1.54, 1.807) is 19.3 Å². The fourth-order valence-electron chi connectivity index (χ4n) is 1.56. The molecule has 0 amide bonds. The molecule has 106 valence electrons. The molecule has 0 spiro atoms. The van der Waals surface area contributed by atoms with Crippen molar-refractivity contribution in [3.05, 3.63) is 12.4 Å². The molecule has 0 aliphatic heterocycles. The second kappa shape index (κ2) is 7.56. The van der Waals surface area contributed by atoms with Crippen LogP contribution in [0.3, 0.4) is 0 Å². The van der Waals surface area contributed by atoms with Gasteiger partial charge in [-0.15, -0.1) is 0 Å². The first-order valence-corrected chi connectivity index (χ1v) is 6.51. The number of rotatable bonds is 8. The molecule has 1 atom stereocenters. The van der Waals surface area contributed by atoms with Crippen molar-refractivity contribution in [1.29, 1.82) is 0 Å². The largest absolute Gasteiger partial charge is 0.481 e. The maximum Gasteiger partial charge on any atom is 0.308 e. The smallest absolute Gasteiger partial charge is 0.308 e. The topological polar surface area (TPSA) is 75.5 Å². The zero-order chi connectivity index (χ0) is 14.3. The van der Waals surface area contributed by atoms with Crippen LogP contribution in [0.4, 0.5) is 5.82 Å². The van der Waals surface area contributed by atoms with Crippen molar-refractivity contribution in [2.24, 2.45) is 5.92 Å². The molecule has 6 heteroatoms. The minimum atomic E-state index is -0.815. The third kappa shape index (κ3) is 4.73. The Morgan fingerprint density at radius 2 is 2.21 bits per heavy atom. The lowest BCUT2D eigenvalue weighted by Crippen LogP contribution is -2.32. The normalized spacial score (nSPS) is 11.9. The molecule has 0 saturated carbocycles. The quantitative estimate of drug-likeness (QED) is 0.774. The Bertz CT molecular complexity index is 412. The summed E-state index contributed by atoms with van der Waals surface area (Å²) in [4.78, 5) is 21.2. The molecule has 1 heterocycles. The summed E-state index contributed by atoms with van der Waals surface area (Å²) < 4.78 is 5.43. The highest BCUT2D eigenvalue weighted by molar-refractivity contribution is 5.70. The van der Waals surface area contributed by atoms with E-state index in [2.05, 4.69) is 9.97 Å². The molecule has 1 aromatic heterocycles. The SMILES string of the molecule is CCCOc1cncc(N(CC)CC(C)C(=O)O)n1. The fraction of sp³-hybridized carbons (Fsp3) is 0.615. The van der Waals surface area contributed by atoms with Gasteiger partial charge >= 0.3 is 5.97 Å². The Hall–Kier alpha value is -1.85. The van der Waals surface area contributed by atoms with Gasteiger partial charge in [-0.1, -0.05) is 13.8 Å². The minimum Gasteiger partial charge on any atom is -0.481 e. The molecule has 0 fully saturated rings. The van der Waals surface area contributed by atoms with Gasteiger partial charge in [0.1, 0.15) is 0 Å². The first kappa shape index (κ1) is 15.2.